The van der Waals surface area contributed by atoms with Crippen LogP contribution in [0.3, 0.4) is 0 Å². The highest BCUT2D eigenvalue weighted by molar-refractivity contribution is 5.92. The van der Waals surface area contributed by atoms with Crippen LogP contribution in [0.25, 0.3) is 10.9 Å². The van der Waals surface area contributed by atoms with Gasteiger partial charge in [0.1, 0.15) is 11.8 Å². The van der Waals surface area contributed by atoms with Crippen LogP contribution in [0.1, 0.15) is 24.8 Å². The smallest absolute Gasteiger partial charge is 0.326 e. The Morgan fingerprint density at radius 1 is 1.12 bits per heavy atom. The Kier molecular flexibility index (Phi) is 4.84. The Balaban J connectivity index is 1.97. The fourth-order valence-electron chi connectivity index (χ4n) is 3.11. The van der Waals surface area contributed by atoms with E-state index in [-0.39, 0.29) is 11.7 Å². The monoisotopic (exact) mass is 336 g/mol. The molecule has 0 saturated carbocycles. The number of carboxylic acids is 1. The highest BCUT2D eigenvalue weighted by Crippen LogP contribution is 2.29. The molecule has 5 heteroatoms. The summed E-state index contributed by atoms with van der Waals surface area (Å²) in [6.45, 7) is 1.95. The van der Waals surface area contributed by atoms with E-state index in [4.69, 9.17) is 0 Å². The van der Waals surface area contributed by atoms with Gasteiger partial charge in [-0.1, -0.05) is 37.3 Å². The van der Waals surface area contributed by atoms with Gasteiger partial charge < -0.3 is 15.5 Å². The van der Waals surface area contributed by atoms with Gasteiger partial charge in [0.25, 0.3) is 0 Å². The Morgan fingerprint density at radius 3 is 2.52 bits per heavy atom. The van der Waals surface area contributed by atoms with E-state index in [1.54, 1.807) is 30.5 Å². The number of benzene rings is 2. The first kappa shape index (κ1) is 16.8. The largest absolute Gasteiger partial charge is 0.508 e. The first-order valence-electron chi connectivity index (χ1n) is 8.22. The lowest BCUT2D eigenvalue weighted by atomic mass is 9.88. The molecule has 3 N–H and O–H groups in total. The van der Waals surface area contributed by atoms with Crippen LogP contribution < -0.4 is 5.32 Å². The molecule has 0 spiro atoms. The molecule has 0 aliphatic heterocycles. The molecule has 5 nitrogen and oxygen atoms in total. The molecule has 2 unspecified atom stereocenters. The average molecular weight is 336 g/mol. The van der Waals surface area contributed by atoms with E-state index in [0.29, 0.717) is 12.1 Å². The second-order valence-electron chi connectivity index (χ2n) is 5.95. The number of para-hydroxylation sites is 1. The summed E-state index contributed by atoms with van der Waals surface area (Å²) in [5.74, 6) is -0.999. The van der Waals surface area contributed by atoms with Crippen molar-refractivity contribution in [1.29, 1.82) is 0 Å². The molecule has 1 aromatic heterocycles. The number of fused-ring (bicyclic) bond motifs is 1. The van der Waals surface area contributed by atoms with Gasteiger partial charge in [-0.25, -0.2) is 4.79 Å². The van der Waals surface area contributed by atoms with E-state index in [1.807, 2.05) is 37.3 Å². The number of pyridine rings is 1. The minimum absolute atomic E-state index is 0.164. The van der Waals surface area contributed by atoms with Crippen LogP contribution in [0.15, 0.2) is 60.8 Å². The highest BCUT2D eigenvalue weighted by atomic mass is 16.4. The number of nitrogens with one attached hydrogen (secondary N) is 1. The second kappa shape index (κ2) is 7.21. The fraction of sp³-hybridized carbons (Fsp3) is 0.200. The van der Waals surface area contributed by atoms with Gasteiger partial charge >= 0.3 is 5.97 Å². The summed E-state index contributed by atoms with van der Waals surface area (Å²) in [5, 5.41) is 23.4. The van der Waals surface area contributed by atoms with Gasteiger partial charge in [-0.05, 0) is 36.2 Å². The van der Waals surface area contributed by atoms with E-state index in [1.165, 1.54) is 0 Å². The first-order chi connectivity index (χ1) is 12.1. The number of hydrogen-bond donors (Lipinski definition) is 3. The number of aromatic nitrogens is 1. The first-order valence-corrected chi connectivity index (χ1v) is 8.22. The van der Waals surface area contributed by atoms with E-state index < -0.39 is 12.0 Å². The Labute approximate surface area is 146 Å². The molecule has 3 aromatic rings. The van der Waals surface area contributed by atoms with Crippen molar-refractivity contribution in [2.75, 3.05) is 5.32 Å². The standard InChI is InChI=1S/C20H20N2O3/c1-2-16(13-8-10-15(23)11-9-13)19(20(24)25)22-17-7-3-5-14-6-4-12-21-18(14)17/h3-12,16,19,22-23H,2H2,1H3,(H,24,25). The minimum Gasteiger partial charge on any atom is -0.508 e. The number of anilines is 1. The maximum atomic E-state index is 11.9. The molecule has 3 rings (SSSR count). The van der Waals surface area contributed by atoms with Crippen molar-refractivity contribution in [1.82, 2.24) is 4.98 Å². The topological polar surface area (TPSA) is 82.5 Å². The van der Waals surface area contributed by atoms with Crippen LogP contribution in [0, 0.1) is 0 Å². The molecular formula is C20H20N2O3. The number of rotatable bonds is 6. The molecule has 0 aliphatic carbocycles. The number of phenols is 1. The second-order valence-corrected chi connectivity index (χ2v) is 5.95. The number of carbonyl (C=O) groups is 1. The SMILES string of the molecule is CCC(c1ccc(O)cc1)C(Nc1cccc2cccnc12)C(=O)O. The predicted molar refractivity (Wildman–Crippen MR) is 97.9 cm³/mol. The highest BCUT2D eigenvalue weighted by Gasteiger charge is 2.28. The predicted octanol–water partition coefficient (Wildman–Crippen LogP) is 4.00. The summed E-state index contributed by atoms with van der Waals surface area (Å²) in [4.78, 5) is 16.3. The molecule has 0 bridgehead atoms. The van der Waals surface area contributed by atoms with Gasteiger partial charge in [0, 0.05) is 17.5 Å². The quantitative estimate of drug-likeness (QED) is 0.634. The summed E-state index contributed by atoms with van der Waals surface area (Å²) in [6.07, 6.45) is 2.34. The summed E-state index contributed by atoms with van der Waals surface area (Å²) in [5.41, 5.74) is 2.31. The maximum absolute atomic E-state index is 11.9. The van der Waals surface area contributed by atoms with E-state index in [0.717, 1.165) is 16.5 Å². The zero-order valence-electron chi connectivity index (χ0n) is 13.9. The van der Waals surface area contributed by atoms with Gasteiger partial charge in [-0.15, -0.1) is 0 Å². The number of carboxylic acid groups (broad SMARTS) is 1. The molecule has 2 aromatic carbocycles. The number of aliphatic carboxylic acids is 1. The van der Waals surface area contributed by atoms with E-state index in [2.05, 4.69) is 10.3 Å². The van der Waals surface area contributed by atoms with Gasteiger partial charge in [-0.3, -0.25) is 4.98 Å². The van der Waals surface area contributed by atoms with Crippen LogP contribution in [0.2, 0.25) is 0 Å². The summed E-state index contributed by atoms with van der Waals surface area (Å²) in [7, 11) is 0. The molecule has 1 heterocycles. The normalized spacial score (nSPS) is 13.3. The van der Waals surface area contributed by atoms with Crippen molar-refractivity contribution in [3.63, 3.8) is 0 Å². The number of aromatic hydroxyl groups is 1. The molecule has 0 radical (unpaired) electrons. The summed E-state index contributed by atoms with van der Waals surface area (Å²) in [6, 6.07) is 15.4. The molecule has 0 saturated heterocycles. The fourth-order valence-corrected chi connectivity index (χ4v) is 3.11. The van der Waals surface area contributed by atoms with Crippen LogP contribution in [0.5, 0.6) is 5.75 Å². The molecule has 0 aliphatic rings. The minimum atomic E-state index is -0.923. The van der Waals surface area contributed by atoms with Crippen molar-refractivity contribution in [2.24, 2.45) is 0 Å². The Hall–Kier alpha value is -3.08. The van der Waals surface area contributed by atoms with E-state index >= 15 is 0 Å². The molecular weight excluding hydrogens is 316 g/mol. The van der Waals surface area contributed by atoms with E-state index in [9.17, 15) is 15.0 Å². The third-order valence-corrected chi connectivity index (χ3v) is 4.37. The van der Waals surface area contributed by atoms with Crippen LogP contribution in [0.4, 0.5) is 5.69 Å². The van der Waals surface area contributed by atoms with Gasteiger partial charge in [-0.2, -0.15) is 0 Å². The third-order valence-electron chi connectivity index (χ3n) is 4.37. The lowest BCUT2D eigenvalue weighted by Crippen LogP contribution is -2.35. The lowest BCUT2D eigenvalue weighted by molar-refractivity contribution is -0.138. The van der Waals surface area contributed by atoms with Crippen molar-refractivity contribution >= 4 is 22.6 Å². The number of nitrogens with zero attached hydrogens (tertiary/aromatic N) is 1. The maximum Gasteiger partial charge on any atom is 0.326 e. The van der Waals surface area contributed by atoms with Crippen molar-refractivity contribution in [3.05, 3.63) is 66.4 Å². The summed E-state index contributed by atoms with van der Waals surface area (Å²) < 4.78 is 0. The zero-order valence-corrected chi connectivity index (χ0v) is 13.9. The molecule has 25 heavy (non-hydrogen) atoms. The zero-order chi connectivity index (χ0) is 17.8. The lowest BCUT2D eigenvalue weighted by Gasteiger charge is -2.25. The van der Waals surface area contributed by atoms with Gasteiger partial charge in [0.15, 0.2) is 0 Å². The van der Waals surface area contributed by atoms with Crippen LogP contribution >= 0.6 is 0 Å². The molecule has 2 atom stereocenters. The van der Waals surface area contributed by atoms with Gasteiger partial charge in [0.05, 0.1) is 11.2 Å². The van der Waals surface area contributed by atoms with Crippen molar-refractivity contribution < 1.29 is 15.0 Å². The average Bonchev–Trinajstić information content (AvgIpc) is 2.63. The Morgan fingerprint density at radius 2 is 1.84 bits per heavy atom. The number of hydrogen-bond acceptors (Lipinski definition) is 4. The molecule has 128 valence electrons. The van der Waals surface area contributed by atoms with Gasteiger partial charge in [0.2, 0.25) is 0 Å². The Bertz CT molecular complexity index is 872. The van der Waals surface area contributed by atoms with Crippen molar-refractivity contribution in [3.8, 4) is 5.75 Å². The molecule has 0 amide bonds. The third kappa shape index (κ3) is 3.55. The number of phenolic OH excluding ortho intramolecular Hbond substituents is 1. The van der Waals surface area contributed by atoms with Crippen LogP contribution in [-0.4, -0.2) is 27.2 Å². The van der Waals surface area contributed by atoms with Crippen LogP contribution in [-0.2, 0) is 4.79 Å². The van der Waals surface area contributed by atoms with Crippen molar-refractivity contribution in [2.45, 2.75) is 25.3 Å². The summed E-state index contributed by atoms with van der Waals surface area (Å²) >= 11 is 0. The molecule has 0 fully saturated rings.